The Labute approximate surface area is 139 Å². The van der Waals surface area contributed by atoms with Gasteiger partial charge in [-0.15, -0.1) is 0 Å². The highest BCUT2D eigenvalue weighted by Crippen LogP contribution is 2.24. The van der Waals surface area contributed by atoms with Gasteiger partial charge in [-0.25, -0.2) is 4.98 Å². The number of carbonyl (C=O) groups is 1. The summed E-state index contributed by atoms with van der Waals surface area (Å²) in [6.45, 7) is 9.15. The molecular weight excluding hydrogens is 302 g/mol. The van der Waals surface area contributed by atoms with E-state index in [1.807, 2.05) is 24.3 Å². The maximum absolute atomic E-state index is 12.6. The number of anilines is 1. The molecule has 1 amide bonds. The molecule has 1 heterocycles. The molecule has 2 aromatic carbocycles. The molecule has 3 rings (SSSR count). The first-order valence-electron chi connectivity index (χ1n) is 7.70. The molecule has 122 valence electrons. The summed E-state index contributed by atoms with van der Waals surface area (Å²) in [5.74, 6) is -0.0496. The molecule has 1 aromatic heterocycles. The number of amides is 1. The fourth-order valence-corrected chi connectivity index (χ4v) is 2.46. The standard InChI is InChI=1S/C19H19N3O2/c1-5-11-6-7-12-8-9-14-15(13(12)10-11)16(23)21-18(20-14)22-17(24)19(2,3)4/h5-10H,1H2,2-4H3,(H2,20,21,22,23,24). The number of nitrogens with zero attached hydrogens (tertiary/aromatic N) is 1. The molecule has 3 aromatic rings. The Kier molecular flexibility index (Phi) is 3.72. The van der Waals surface area contributed by atoms with E-state index in [0.717, 1.165) is 16.3 Å². The Morgan fingerprint density at radius 1 is 1.25 bits per heavy atom. The van der Waals surface area contributed by atoms with Crippen LogP contribution in [0.25, 0.3) is 27.8 Å². The third-order valence-corrected chi connectivity index (χ3v) is 3.86. The van der Waals surface area contributed by atoms with Crippen molar-refractivity contribution in [1.82, 2.24) is 9.97 Å². The zero-order valence-electron chi connectivity index (χ0n) is 13.9. The van der Waals surface area contributed by atoms with Crippen LogP contribution in [0.3, 0.4) is 0 Å². The number of H-pyrrole nitrogens is 1. The highest BCUT2D eigenvalue weighted by molar-refractivity contribution is 6.06. The first-order chi connectivity index (χ1) is 11.3. The molecule has 5 nitrogen and oxygen atoms in total. The normalized spacial score (nSPS) is 11.6. The summed E-state index contributed by atoms with van der Waals surface area (Å²) in [6, 6.07) is 9.50. The highest BCUT2D eigenvalue weighted by Gasteiger charge is 2.22. The lowest BCUT2D eigenvalue weighted by atomic mass is 9.96. The summed E-state index contributed by atoms with van der Waals surface area (Å²) in [5, 5.41) is 4.93. The van der Waals surface area contributed by atoms with Crippen molar-refractivity contribution in [2.75, 3.05) is 5.32 Å². The van der Waals surface area contributed by atoms with Crippen LogP contribution in [-0.4, -0.2) is 15.9 Å². The monoisotopic (exact) mass is 321 g/mol. The van der Waals surface area contributed by atoms with E-state index in [4.69, 9.17) is 0 Å². The van der Waals surface area contributed by atoms with E-state index in [2.05, 4.69) is 21.9 Å². The Morgan fingerprint density at radius 2 is 1.96 bits per heavy atom. The van der Waals surface area contributed by atoms with E-state index < -0.39 is 5.41 Å². The number of aromatic amines is 1. The number of nitrogens with one attached hydrogen (secondary N) is 2. The second-order valence-corrected chi connectivity index (χ2v) is 6.76. The van der Waals surface area contributed by atoms with Gasteiger partial charge >= 0.3 is 0 Å². The lowest BCUT2D eigenvalue weighted by molar-refractivity contribution is -0.123. The van der Waals surface area contributed by atoms with Gasteiger partial charge in [0.2, 0.25) is 11.9 Å². The van der Waals surface area contributed by atoms with Gasteiger partial charge in [-0.1, -0.05) is 51.6 Å². The summed E-state index contributed by atoms with van der Waals surface area (Å²) < 4.78 is 0. The van der Waals surface area contributed by atoms with Crippen molar-refractivity contribution in [2.24, 2.45) is 5.41 Å². The minimum Gasteiger partial charge on any atom is -0.296 e. The minimum atomic E-state index is -0.574. The molecule has 2 N–H and O–H groups in total. The Morgan fingerprint density at radius 3 is 2.62 bits per heavy atom. The zero-order valence-corrected chi connectivity index (χ0v) is 13.9. The maximum Gasteiger partial charge on any atom is 0.260 e. The second kappa shape index (κ2) is 5.60. The van der Waals surface area contributed by atoms with E-state index in [1.54, 1.807) is 32.9 Å². The predicted octanol–water partition coefficient (Wildman–Crippen LogP) is 3.70. The van der Waals surface area contributed by atoms with Crippen LogP contribution >= 0.6 is 0 Å². The highest BCUT2D eigenvalue weighted by atomic mass is 16.2. The number of hydrogen-bond donors (Lipinski definition) is 2. The van der Waals surface area contributed by atoms with Crippen LogP contribution in [0, 0.1) is 5.41 Å². The molecule has 0 radical (unpaired) electrons. The average Bonchev–Trinajstić information content (AvgIpc) is 2.52. The summed E-state index contributed by atoms with van der Waals surface area (Å²) in [7, 11) is 0. The molecule has 0 spiro atoms. The van der Waals surface area contributed by atoms with Gasteiger partial charge in [-0.2, -0.15) is 0 Å². The van der Waals surface area contributed by atoms with E-state index >= 15 is 0 Å². The van der Waals surface area contributed by atoms with Gasteiger partial charge < -0.3 is 0 Å². The molecule has 0 unspecified atom stereocenters. The largest absolute Gasteiger partial charge is 0.296 e. The number of aromatic nitrogens is 2. The number of rotatable bonds is 2. The molecule has 24 heavy (non-hydrogen) atoms. The Balaban J connectivity index is 2.19. The summed E-state index contributed by atoms with van der Waals surface area (Å²) >= 11 is 0. The van der Waals surface area contributed by atoms with Gasteiger partial charge in [0, 0.05) is 5.41 Å². The molecular formula is C19H19N3O2. The van der Waals surface area contributed by atoms with Crippen LogP contribution in [0.5, 0.6) is 0 Å². The zero-order chi connectivity index (χ0) is 17.5. The molecule has 0 bridgehead atoms. The van der Waals surface area contributed by atoms with Crippen LogP contribution in [0.1, 0.15) is 26.3 Å². The van der Waals surface area contributed by atoms with Crippen molar-refractivity contribution in [2.45, 2.75) is 20.8 Å². The Hall–Kier alpha value is -2.95. The van der Waals surface area contributed by atoms with Gasteiger partial charge in [0.15, 0.2) is 0 Å². The quantitative estimate of drug-likeness (QED) is 0.707. The van der Waals surface area contributed by atoms with Gasteiger partial charge in [-0.3, -0.25) is 19.9 Å². The van der Waals surface area contributed by atoms with Crippen LogP contribution < -0.4 is 10.9 Å². The molecule has 5 heteroatoms. The van der Waals surface area contributed by atoms with Crippen LogP contribution in [0.2, 0.25) is 0 Å². The average molecular weight is 321 g/mol. The molecule has 0 saturated carbocycles. The number of fused-ring (bicyclic) bond motifs is 3. The van der Waals surface area contributed by atoms with Crippen molar-refractivity contribution in [3.8, 4) is 0 Å². The fraction of sp³-hybridized carbons (Fsp3) is 0.211. The molecule has 0 atom stereocenters. The number of carbonyl (C=O) groups excluding carboxylic acids is 1. The van der Waals surface area contributed by atoms with E-state index in [0.29, 0.717) is 10.9 Å². The van der Waals surface area contributed by atoms with Gasteiger partial charge in [0.25, 0.3) is 5.56 Å². The van der Waals surface area contributed by atoms with Crippen molar-refractivity contribution in [3.05, 3.63) is 52.8 Å². The molecule has 0 saturated heterocycles. The lowest BCUT2D eigenvalue weighted by Crippen LogP contribution is -2.29. The van der Waals surface area contributed by atoms with E-state index in [1.165, 1.54) is 0 Å². The molecule has 0 aliphatic heterocycles. The summed E-state index contributed by atoms with van der Waals surface area (Å²) in [6.07, 6.45) is 1.73. The van der Waals surface area contributed by atoms with Crippen molar-refractivity contribution in [3.63, 3.8) is 0 Å². The SMILES string of the molecule is C=Cc1ccc2ccc3nc(NC(=O)C(C)(C)C)[nH]c(=O)c3c2c1. The van der Waals surface area contributed by atoms with E-state index in [9.17, 15) is 9.59 Å². The van der Waals surface area contributed by atoms with Crippen molar-refractivity contribution >= 4 is 39.6 Å². The number of benzene rings is 2. The van der Waals surface area contributed by atoms with Crippen molar-refractivity contribution < 1.29 is 4.79 Å². The smallest absolute Gasteiger partial charge is 0.260 e. The lowest BCUT2D eigenvalue weighted by Gasteiger charge is -2.17. The molecule has 0 fully saturated rings. The van der Waals surface area contributed by atoms with Crippen molar-refractivity contribution in [1.29, 1.82) is 0 Å². The van der Waals surface area contributed by atoms with Gasteiger partial charge in [-0.05, 0) is 28.5 Å². The fourth-order valence-electron chi connectivity index (χ4n) is 2.46. The van der Waals surface area contributed by atoms with E-state index in [-0.39, 0.29) is 17.4 Å². The maximum atomic E-state index is 12.6. The third-order valence-electron chi connectivity index (χ3n) is 3.86. The first-order valence-corrected chi connectivity index (χ1v) is 7.70. The summed E-state index contributed by atoms with van der Waals surface area (Å²) in [4.78, 5) is 31.7. The topological polar surface area (TPSA) is 74.8 Å². The van der Waals surface area contributed by atoms with Crippen LogP contribution in [-0.2, 0) is 4.79 Å². The summed E-state index contributed by atoms with van der Waals surface area (Å²) in [5.41, 5.74) is 0.614. The Bertz CT molecular complexity index is 1030. The third kappa shape index (κ3) is 2.80. The predicted molar refractivity (Wildman–Crippen MR) is 98.0 cm³/mol. The van der Waals surface area contributed by atoms with Gasteiger partial charge in [0.05, 0.1) is 10.9 Å². The second-order valence-electron chi connectivity index (χ2n) is 6.76. The first kappa shape index (κ1) is 15.9. The van der Waals surface area contributed by atoms with Gasteiger partial charge in [0.1, 0.15) is 0 Å². The minimum absolute atomic E-state index is 0.159. The molecule has 0 aliphatic rings. The van der Waals surface area contributed by atoms with Crippen LogP contribution in [0.15, 0.2) is 41.7 Å². The van der Waals surface area contributed by atoms with Crippen LogP contribution in [0.4, 0.5) is 5.95 Å². The number of hydrogen-bond acceptors (Lipinski definition) is 3. The molecule has 0 aliphatic carbocycles.